The Morgan fingerprint density at radius 2 is 2.00 bits per heavy atom. The highest BCUT2D eigenvalue weighted by Gasteiger charge is 2.33. The van der Waals surface area contributed by atoms with Crippen molar-refractivity contribution in [2.24, 2.45) is 5.73 Å². The van der Waals surface area contributed by atoms with E-state index in [9.17, 15) is 0 Å². The lowest BCUT2D eigenvalue weighted by atomic mass is 9.87. The molecule has 110 valence electrons. The van der Waals surface area contributed by atoms with Crippen molar-refractivity contribution in [2.45, 2.75) is 19.0 Å². The van der Waals surface area contributed by atoms with Crippen LogP contribution in [0.1, 0.15) is 28.8 Å². The average molecular weight is 274 g/mol. The first-order valence-electron chi connectivity index (χ1n) is 7.66. The van der Waals surface area contributed by atoms with Crippen molar-refractivity contribution < 1.29 is 0 Å². The fourth-order valence-corrected chi connectivity index (χ4v) is 3.63. The Hall–Kier alpha value is -0.940. The molecule has 4 heteroatoms. The zero-order chi connectivity index (χ0) is 14.1. The van der Waals surface area contributed by atoms with Gasteiger partial charge in [0.15, 0.2) is 0 Å². The number of nitrogens with zero attached hydrogens (tertiary/aromatic N) is 2. The van der Waals surface area contributed by atoms with Gasteiger partial charge >= 0.3 is 0 Å². The summed E-state index contributed by atoms with van der Waals surface area (Å²) in [6, 6.07) is 7.78. The summed E-state index contributed by atoms with van der Waals surface area (Å²) >= 11 is 0. The highest BCUT2D eigenvalue weighted by atomic mass is 15.3. The molecule has 0 radical (unpaired) electrons. The molecule has 2 aliphatic rings. The van der Waals surface area contributed by atoms with Gasteiger partial charge in [-0.05, 0) is 25.1 Å². The molecule has 1 saturated heterocycles. The molecule has 0 aliphatic carbocycles. The Kier molecular flexibility index (Phi) is 4.08. The fraction of sp³-hybridized carbons (Fsp3) is 0.625. The van der Waals surface area contributed by atoms with Crippen LogP contribution in [0.3, 0.4) is 0 Å². The second kappa shape index (κ2) is 5.82. The highest BCUT2D eigenvalue weighted by Crippen LogP contribution is 2.37. The minimum Gasteiger partial charge on any atom is -0.329 e. The van der Waals surface area contributed by atoms with E-state index in [1.54, 1.807) is 0 Å². The summed E-state index contributed by atoms with van der Waals surface area (Å²) in [6.07, 6.45) is 0. The van der Waals surface area contributed by atoms with Crippen LogP contribution in [-0.2, 0) is 0 Å². The molecule has 0 spiro atoms. The van der Waals surface area contributed by atoms with Crippen LogP contribution in [0.15, 0.2) is 18.2 Å². The average Bonchev–Trinajstić information content (AvgIpc) is 2.47. The van der Waals surface area contributed by atoms with Crippen LogP contribution >= 0.6 is 0 Å². The number of fused-ring (bicyclic) bond motifs is 1. The molecule has 2 heterocycles. The fourth-order valence-electron chi connectivity index (χ4n) is 3.63. The van der Waals surface area contributed by atoms with Crippen molar-refractivity contribution in [3.63, 3.8) is 0 Å². The summed E-state index contributed by atoms with van der Waals surface area (Å²) in [5, 5.41) is 3.44. The number of piperazine rings is 1. The molecule has 2 unspecified atom stereocenters. The van der Waals surface area contributed by atoms with Crippen LogP contribution < -0.4 is 11.1 Å². The Morgan fingerprint density at radius 3 is 2.70 bits per heavy atom. The van der Waals surface area contributed by atoms with Gasteiger partial charge in [-0.25, -0.2) is 0 Å². The van der Waals surface area contributed by atoms with Gasteiger partial charge < -0.3 is 11.1 Å². The van der Waals surface area contributed by atoms with E-state index in [0.717, 1.165) is 32.7 Å². The predicted molar refractivity (Wildman–Crippen MR) is 82.8 cm³/mol. The third kappa shape index (κ3) is 2.49. The first-order chi connectivity index (χ1) is 9.70. The smallest absolute Gasteiger partial charge is 0.0479 e. The van der Waals surface area contributed by atoms with E-state index in [1.165, 1.54) is 16.7 Å². The van der Waals surface area contributed by atoms with E-state index in [2.05, 4.69) is 47.3 Å². The van der Waals surface area contributed by atoms with Crippen LogP contribution in [0.5, 0.6) is 0 Å². The van der Waals surface area contributed by atoms with Crippen LogP contribution in [0.4, 0.5) is 0 Å². The van der Waals surface area contributed by atoms with Gasteiger partial charge in [0.1, 0.15) is 0 Å². The van der Waals surface area contributed by atoms with Crippen LogP contribution in [0.25, 0.3) is 0 Å². The van der Waals surface area contributed by atoms with Crippen molar-refractivity contribution in [3.05, 3.63) is 34.9 Å². The number of benzene rings is 1. The maximum absolute atomic E-state index is 6.02. The number of likely N-dealkylation sites (N-methyl/N-ethyl adjacent to an activating group) is 1. The van der Waals surface area contributed by atoms with Gasteiger partial charge in [0, 0.05) is 51.4 Å². The quantitative estimate of drug-likeness (QED) is 0.840. The van der Waals surface area contributed by atoms with Gasteiger partial charge in [-0.3, -0.25) is 9.80 Å². The number of nitrogens with one attached hydrogen (secondary N) is 1. The zero-order valence-corrected chi connectivity index (χ0v) is 12.6. The lowest BCUT2D eigenvalue weighted by Gasteiger charge is -2.44. The summed E-state index contributed by atoms with van der Waals surface area (Å²) in [7, 11) is 2.21. The number of nitrogens with two attached hydrogens (primary N) is 1. The maximum Gasteiger partial charge on any atom is 0.0479 e. The van der Waals surface area contributed by atoms with Gasteiger partial charge in [-0.15, -0.1) is 0 Å². The summed E-state index contributed by atoms with van der Waals surface area (Å²) in [5.41, 5.74) is 10.3. The highest BCUT2D eigenvalue weighted by molar-refractivity contribution is 5.38. The predicted octanol–water partition coefficient (Wildman–Crippen LogP) is 0.887. The SMILES string of the molecule is Cc1ccc2c(c1)C(CN)N(C)CC2N1CCNCC1. The topological polar surface area (TPSA) is 44.5 Å². The maximum atomic E-state index is 6.02. The van der Waals surface area contributed by atoms with Gasteiger partial charge in [-0.2, -0.15) is 0 Å². The van der Waals surface area contributed by atoms with Gasteiger partial charge in [-0.1, -0.05) is 23.8 Å². The third-order valence-corrected chi connectivity index (χ3v) is 4.77. The minimum atomic E-state index is 0.365. The number of rotatable bonds is 2. The van der Waals surface area contributed by atoms with E-state index in [1.807, 2.05) is 0 Å². The first kappa shape index (κ1) is 14.0. The lowest BCUT2D eigenvalue weighted by Crippen LogP contribution is -2.50. The second-order valence-corrected chi connectivity index (χ2v) is 6.13. The van der Waals surface area contributed by atoms with Crippen LogP contribution in [0, 0.1) is 6.92 Å². The van der Waals surface area contributed by atoms with Gasteiger partial charge in [0.25, 0.3) is 0 Å². The second-order valence-electron chi connectivity index (χ2n) is 6.13. The molecule has 2 aliphatic heterocycles. The standard InChI is InChI=1S/C16H26N4/c1-12-3-4-13-14(9-12)15(10-17)19(2)11-16(13)20-7-5-18-6-8-20/h3-4,9,15-16,18H,5-8,10-11,17H2,1-2H3. The number of hydrogen-bond acceptors (Lipinski definition) is 4. The van der Waals surface area contributed by atoms with Crippen molar-refractivity contribution in [1.29, 1.82) is 0 Å². The van der Waals surface area contributed by atoms with Crippen molar-refractivity contribution in [2.75, 3.05) is 46.3 Å². The largest absolute Gasteiger partial charge is 0.329 e. The molecule has 20 heavy (non-hydrogen) atoms. The Labute approximate surface area is 121 Å². The number of aryl methyl sites for hydroxylation is 1. The van der Waals surface area contributed by atoms with E-state index < -0.39 is 0 Å². The normalized spacial score (nSPS) is 28.4. The third-order valence-electron chi connectivity index (χ3n) is 4.77. The lowest BCUT2D eigenvalue weighted by molar-refractivity contribution is 0.101. The number of hydrogen-bond donors (Lipinski definition) is 2. The molecule has 1 aromatic carbocycles. The van der Waals surface area contributed by atoms with Crippen molar-refractivity contribution in [1.82, 2.24) is 15.1 Å². The molecule has 0 saturated carbocycles. The summed E-state index contributed by atoms with van der Waals surface area (Å²) in [5.74, 6) is 0. The van der Waals surface area contributed by atoms with Crippen LogP contribution in [0.2, 0.25) is 0 Å². The van der Waals surface area contributed by atoms with E-state index in [0.29, 0.717) is 18.6 Å². The van der Waals surface area contributed by atoms with Gasteiger partial charge in [0.05, 0.1) is 0 Å². The molecule has 0 bridgehead atoms. The van der Waals surface area contributed by atoms with E-state index in [4.69, 9.17) is 5.73 Å². The monoisotopic (exact) mass is 274 g/mol. The molecule has 0 amide bonds. The zero-order valence-electron chi connectivity index (χ0n) is 12.6. The first-order valence-corrected chi connectivity index (χ1v) is 7.66. The minimum absolute atomic E-state index is 0.365. The summed E-state index contributed by atoms with van der Waals surface area (Å²) < 4.78 is 0. The van der Waals surface area contributed by atoms with Crippen LogP contribution in [-0.4, -0.2) is 56.1 Å². The molecule has 4 nitrogen and oxygen atoms in total. The summed E-state index contributed by atoms with van der Waals surface area (Å²) in [6.45, 7) is 8.42. The van der Waals surface area contributed by atoms with Crippen molar-refractivity contribution in [3.8, 4) is 0 Å². The van der Waals surface area contributed by atoms with Crippen molar-refractivity contribution >= 4 is 0 Å². The molecule has 3 rings (SSSR count). The molecule has 2 atom stereocenters. The van der Waals surface area contributed by atoms with E-state index in [-0.39, 0.29) is 0 Å². The summed E-state index contributed by atoms with van der Waals surface area (Å²) in [4.78, 5) is 5.04. The van der Waals surface area contributed by atoms with E-state index >= 15 is 0 Å². The molecular formula is C16H26N4. The Morgan fingerprint density at radius 1 is 1.25 bits per heavy atom. The Bertz CT molecular complexity index is 468. The van der Waals surface area contributed by atoms with Gasteiger partial charge in [0.2, 0.25) is 0 Å². The molecule has 0 aromatic heterocycles. The molecule has 3 N–H and O–H groups in total. The molecule has 1 aromatic rings. The molecular weight excluding hydrogens is 248 g/mol. The Balaban J connectivity index is 1.97. The molecule has 1 fully saturated rings.